The summed E-state index contributed by atoms with van der Waals surface area (Å²) in [7, 11) is 3.32. The van der Waals surface area contributed by atoms with Gasteiger partial charge in [0, 0.05) is 25.7 Å². The van der Waals surface area contributed by atoms with Crippen LogP contribution in [0.3, 0.4) is 0 Å². The van der Waals surface area contributed by atoms with Gasteiger partial charge in [-0.15, -0.1) is 0 Å². The Bertz CT molecular complexity index is 943. The molecule has 0 bridgehead atoms. The Labute approximate surface area is 140 Å². The van der Waals surface area contributed by atoms with Gasteiger partial charge in [-0.2, -0.15) is 0 Å². The van der Waals surface area contributed by atoms with Crippen molar-refractivity contribution in [2.24, 2.45) is 12.0 Å². The average Bonchev–Trinajstić information content (AvgIpc) is 2.63. The van der Waals surface area contributed by atoms with Gasteiger partial charge in [0.1, 0.15) is 11.3 Å². The number of hydrogen-bond donors (Lipinski definition) is 1. The van der Waals surface area contributed by atoms with E-state index in [-0.39, 0.29) is 16.9 Å². The van der Waals surface area contributed by atoms with Crippen molar-refractivity contribution in [3.63, 3.8) is 0 Å². The van der Waals surface area contributed by atoms with Crippen LogP contribution in [0.15, 0.2) is 76.5 Å². The Hall–Kier alpha value is -3.14. The van der Waals surface area contributed by atoms with E-state index >= 15 is 0 Å². The van der Waals surface area contributed by atoms with Crippen molar-refractivity contribution in [2.75, 3.05) is 7.05 Å². The molecule has 0 aliphatic rings. The summed E-state index contributed by atoms with van der Waals surface area (Å²) in [5.74, 6) is -0.0681. The minimum atomic E-state index is -0.279. The first-order chi connectivity index (χ1) is 11.6. The highest BCUT2D eigenvalue weighted by atomic mass is 16.3. The van der Waals surface area contributed by atoms with Crippen LogP contribution >= 0.6 is 0 Å². The second kappa shape index (κ2) is 6.54. The van der Waals surface area contributed by atoms with E-state index < -0.39 is 0 Å². The van der Waals surface area contributed by atoms with E-state index in [0.717, 1.165) is 11.1 Å². The monoisotopic (exact) mass is 318 g/mol. The molecule has 0 fully saturated rings. The van der Waals surface area contributed by atoms with Gasteiger partial charge in [-0.3, -0.25) is 9.79 Å². The van der Waals surface area contributed by atoms with Crippen LogP contribution in [-0.2, 0) is 7.05 Å². The van der Waals surface area contributed by atoms with Crippen molar-refractivity contribution < 1.29 is 5.11 Å². The van der Waals surface area contributed by atoms with Crippen molar-refractivity contribution in [1.29, 1.82) is 0 Å². The molecule has 0 aliphatic carbocycles. The smallest absolute Gasteiger partial charge is 0.264 e. The van der Waals surface area contributed by atoms with Gasteiger partial charge in [0.25, 0.3) is 5.56 Å². The summed E-state index contributed by atoms with van der Waals surface area (Å²) < 4.78 is 1.54. The lowest BCUT2D eigenvalue weighted by atomic mass is 10.0. The molecule has 4 nitrogen and oxygen atoms in total. The number of aliphatic imine (C=N–C) groups is 1. The van der Waals surface area contributed by atoms with Crippen molar-refractivity contribution >= 4 is 5.71 Å². The maximum atomic E-state index is 12.9. The molecule has 3 aromatic rings. The summed E-state index contributed by atoms with van der Waals surface area (Å²) in [5.41, 5.74) is 2.73. The second-order valence-electron chi connectivity index (χ2n) is 5.46. The number of benzene rings is 2. The van der Waals surface area contributed by atoms with Crippen LogP contribution in [0.1, 0.15) is 11.1 Å². The molecule has 0 spiro atoms. The molecule has 3 rings (SSSR count). The SMILES string of the molecule is CN=C(c1ccccc1)c1c(O)cc(-c2ccccc2)n(C)c1=O. The first kappa shape index (κ1) is 15.7. The molecule has 0 atom stereocenters. The predicted molar refractivity (Wildman–Crippen MR) is 96.8 cm³/mol. The normalized spacial score (nSPS) is 11.5. The van der Waals surface area contributed by atoms with Crippen molar-refractivity contribution in [1.82, 2.24) is 4.57 Å². The molecule has 0 unspecified atom stereocenters. The lowest BCUT2D eigenvalue weighted by Gasteiger charge is -2.14. The van der Waals surface area contributed by atoms with Gasteiger partial charge in [0.2, 0.25) is 0 Å². The van der Waals surface area contributed by atoms with Crippen molar-refractivity contribution in [2.45, 2.75) is 0 Å². The standard InChI is InChI=1S/C20H18N2O2/c1-21-19(15-11-7-4-8-12-15)18-17(23)13-16(22(2)20(18)24)14-9-5-3-6-10-14/h3-13,23H,1-2H3. The highest BCUT2D eigenvalue weighted by Crippen LogP contribution is 2.25. The molecule has 4 heteroatoms. The topological polar surface area (TPSA) is 54.6 Å². The van der Waals surface area contributed by atoms with E-state index in [0.29, 0.717) is 11.4 Å². The first-order valence-electron chi connectivity index (χ1n) is 7.64. The third kappa shape index (κ3) is 2.74. The third-order valence-electron chi connectivity index (χ3n) is 3.99. The van der Waals surface area contributed by atoms with Gasteiger partial charge in [-0.1, -0.05) is 60.7 Å². The molecular weight excluding hydrogens is 300 g/mol. The molecule has 0 saturated carbocycles. The minimum Gasteiger partial charge on any atom is -0.507 e. The Kier molecular flexibility index (Phi) is 4.29. The Balaban J connectivity index is 2.22. The summed E-state index contributed by atoms with van der Waals surface area (Å²) in [5, 5.41) is 10.5. The molecule has 0 amide bonds. The van der Waals surface area contributed by atoms with Crippen LogP contribution < -0.4 is 5.56 Å². The van der Waals surface area contributed by atoms with Gasteiger partial charge >= 0.3 is 0 Å². The molecule has 0 radical (unpaired) electrons. The summed E-state index contributed by atoms with van der Waals surface area (Å²) >= 11 is 0. The largest absolute Gasteiger partial charge is 0.507 e. The molecular formula is C20H18N2O2. The summed E-state index contributed by atoms with van der Waals surface area (Å²) in [6.07, 6.45) is 0. The second-order valence-corrected chi connectivity index (χ2v) is 5.46. The zero-order valence-corrected chi connectivity index (χ0v) is 13.6. The number of aromatic hydroxyl groups is 1. The predicted octanol–water partition coefficient (Wildman–Crippen LogP) is 3.23. The summed E-state index contributed by atoms with van der Waals surface area (Å²) in [6, 6.07) is 20.5. The maximum absolute atomic E-state index is 12.9. The molecule has 24 heavy (non-hydrogen) atoms. The van der Waals surface area contributed by atoms with E-state index in [1.54, 1.807) is 24.7 Å². The van der Waals surface area contributed by atoms with E-state index in [4.69, 9.17) is 0 Å². The highest BCUT2D eigenvalue weighted by molar-refractivity contribution is 6.14. The van der Waals surface area contributed by atoms with Crippen LogP contribution in [0.2, 0.25) is 0 Å². The van der Waals surface area contributed by atoms with E-state index in [1.165, 1.54) is 0 Å². The fourth-order valence-electron chi connectivity index (χ4n) is 2.77. The van der Waals surface area contributed by atoms with E-state index in [2.05, 4.69) is 4.99 Å². The van der Waals surface area contributed by atoms with Crippen molar-refractivity contribution in [3.8, 4) is 17.0 Å². The van der Waals surface area contributed by atoms with Gasteiger partial charge < -0.3 is 9.67 Å². The average molecular weight is 318 g/mol. The fraction of sp³-hybridized carbons (Fsp3) is 0.100. The van der Waals surface area contributed by atoms with Gasteiger partial charge in [0.05, 0.1) is 11.4 Å². The zero-order valence-electron chi connectivity index (χ0n) is 13.6. The lowest BCUT2D eigenvalue weighted by Crippen LogP contribution is -2.26. The van der Waals surface area contributed by atoms with Crippen LogP contribution in [0.4, 0.5) is 0 Å². The molecule has 1 N–H and O–H groups in total. The number of rotatable bonds is 3. The zero-order chi connectivity index (χ0) is 17.1. The Morgan fingerprint density at radius 1 is 1.00 bits per heavy atom. The van der Waals surface area contributed by atoms with Crippen molar-refractivity contribution in [3.05, 3.63) is 88.2 Å². The number of hydrogen-bond acceptors (Lipinski definition) is 3. The number of aromatic nitrogens is 1. The fourth-order valence-corrected chi connectivity index (χ4v) is 2.77. The minimum absolute atomic E-state index is 0.0681. The molecule has 0 aliphatic heterocycles. The van der Waals surface area contributed by atoms with Gasteiger partial charge in [0.15, 0.2) is 0 Å². The third-order valence-corrected chi connectivity index (χ3v) is 3.99. The first-order valence-corrected chi connectivity index (χ1v) is 7.64. The van der Waals surface area contributed by atoms with Crippen LogP contribution in [0, 0.1) is 0 Å². The lowest BCUT2D eigenvalue weighted by molar-refractivity contribution is 0.471. The number of pyridine rings is 1. The van der Waals surface area contributed by atoms with Gasteiger partial charge in [-0.25, -0.2) is 0 Å². The quantitative estimate of drug-likeness (QED) is 0.754. The molecule has 0 saturated heterocycles. The van der Waals surface area contributed by atoms with E-state index in [9.17, 15) is 9.90 Å². The van der Waals surface area contributed by atoms with Gasteiger partial charge in [-0.05, 0) is 5.56 Å². The van der Waals surface area contributed by atoms with E-state index in [1.807, 2.05) is 60.7 Å². The Morgan fingerprint density at radius 3 is 2.17 bits per heavy atom. The Morgan fingerprint density at radius 2 is 1.58 bits per heavy atom. The van der Waals surface area contributed by atoms with Crippen LogP contribution in [-0.4, -0.2) is 22.4 Å². The van der Waals surface area contributed by atoms with Crippen LogP contribution in [0.5, 0.6) is 5.75 Å². The molecule has 1 heterocycles. The molecule has 2 aromatic carbocycles. The molecule has 120 valence electrons. The summed E-state index contributed by atoms with van der Waals surface area (Å²) in [6.45, 7) is 0. The molecule has 1 aromatic heterocycles. The maximum Gasteiger partial charge on any atom is 0.264 e. The number of nitrogens with zero attached hydrogens (tertiary/aromatic N) is 2. The summed E-state index contributed by atoms with van der Waals surface area (Å²) in [4.78, 5) is 17.1. The highest BCUT2D eigenvalue weighted by Gasteiger charge is 2.19. The van der Waals surface area contributed by atoms with Crippen LogP contribution in [0.25, 0.3) is 11.3 Å².